The Kier molecular flexibility index (Phi) is 5.13. The second kappa shape index (κ2) is 7.77. The van der Waals surface area contributed by atoms with Crippen LogP contribution in [0.5, 0.6) is 0 Å². The van der Waals surface area contributed by atoms with Gasteiger partial charge in [-0.15, -0.1) is 0 Å². The molecule has 1 aromatic heterocycles. The van der Waals surface area contributed by atoms with Crippen LogP contribution in [0.4, 0.5) is 14.5 Å². The van der Waals surface area contributed by atoms with E-state index < -0.39 is 12.7 Å². The third-order valence-corrected chi connectivity index (χ3v) is 7.26. The minimum atomic E-state index is -2.74. The average molecular weight is 423 g/mol. The van der Waals surface area contributed by atoms with E-state index in [4.69, 9.17) is 0 Å². The van der Waals surface area contributed by atoms with Gasteiger partial charge in [0.1, 0.15) is 5.69 Å². The highest BCUT2D eigenvalue weighted by atomic mass is 32.1. The Hall–Kier alpha value is -1.84. The molecule has 0 aliphatic carbocycles. The summed E-state index contributed by atoms with van der Waals surface area (Å²) in [4.78, 5) is 17.3. The number of alkyl halides is 2. The standard InChI is InChI=1S/C20H24F2N4O2S/c21-20(22)28-14-5-8-26(10-14)13-1-2-15-17(9-13)29-24-18(15)19(27)23-16-11-25-6-3-12(16)4-7-25/h1-2,9,12,14,16,20H,3-8,10-11H2,(H,23,27)/t14-,16?/m0/s1. The van der Waals surface area contributed by atoms with Gasteiger partial charge in [-0.2, -0.15) is 13.2 Å². The first-order valence-electron chi connectivity index (χ1n) is 10.2. The van der Waals surface area contributed by atoms with Gasteiger partial charge in [-0.05, 0) is 68.0 Å². The number of amides is 1. The Balaban J connectivity index is 1.29. The van der Waals surface area contributed by atoms with Crippen LogP contribution in [0.3, 0.4) is 0 Å². The molecule has 0 spiro atoms. The molecule has 4 saturated heterocycles. The van der Waals surface area contributed by atoms with E-state index in [1.54, 1.807) is 0 Å². The molecule has 4 fully saturated rings. The molecule has 5 heterocycles. The van der Waals surface area contributed by atoms with Crippen LogP contribution in [0.1, 0.15) is 29.8 Å². The number of carbonyl (C=O) groups is 1. The van der Waals surface area contributed by atoms with E-state index in [0.717, 1.165) is 48.2 Å². The lowest BCUT2D eigenvalue weighted by Gasteiger charge is -2.44. The largest absolute Gasteiger partial charge is 0.369 e. The van der Waals surface area contributed by atoms with E-state index >= 15 is 0 Å². The van der Waals surface area contributed by atoms with Crippen LogP contribution in [0.2, 0.25) is 0 Å². The third-order valence-electron chi connectivity index (χ3n) is 6.45. The average Bonchev–Trinajstić information content (AvgIpc) is 3.35. The van der Waals surface area contributed by atoms with Crippen molar-refractivity contribution in [3.63, 3.8) is 0 Å². The molecule has 156 valence electrons. The summed E-state index contributed by atoms with van der Waals surface area (Å²) in [5.41, 5.74) is 1.43. The van der Waals surface area contributed by atoms with Crippen LogP contribution < -0.4 is 10.2 Å². The molecule has 2 aromatic rings. The first kappa shape index (κ1) is 19.1. The van der Waals surface area contributed by atoms with Crippen molar-refractivity contribution in [2.24, 2.45) is 5.92 Å². The summed E-state index contributed by atoms with van der Waals surface area (Å²) in [6.07, 6.45) is 2.43. The minimum Gasteiger partial charge on any atom is -0.369 e. The molecule has 0 radical (unpaired) electrons. The Labute approximate surface area is 172 Å². The zero-order chi connectivity index (χ0) is 20.0. The highest BCUT2D eigenvalue weighted by Gasteiger charge is 2.35. The molecule has 1 N–H and O–H groups in total. The molecule has 2 bridgehead atoms. The quantitative estimate of drug-likeness (QED) is 0.803. The number of anilines is 1. The predicted molar refractivity (Wildman–Crippen MR) is 108 cm³/mol. The van der Waals surface area contributed by atoms with Gasteiger partial charge >= 0.3 is 6.61 Å². The third kappa shape index (κ3) is 3.83. The molecule has 6 rings (SSSR count). The molecule has 4 aliphatic rings. The number of nitrogens with zero attached hydrogens (tertiary/aromatic N) is 3. The molecule has 6 nitrogen and oxygen atoms in total. The van der Waals surface area contributed by atoms with Crippen LogP contribution >= 0.6 is 11.5 Å². The Morgan fingerprint density at radius 1 is 1.21 bits per heavy atom. The van der Waals surface area contributed by atoms with Gasteiger partial charge in [-0.3, -0.25) is 4.79 Å². The van der Waals surface area contributed by atoms with Crippen molar-refractivity contribution >= 4 is 33.2 Å². The summed E-state index contributed by atoms with van der Waals surface area (Å²) in [6, 6.07) is 6.05. The van der Waals surface area contributed by atoms with E-state index in [-0.39, 0.29) is 11.9 Å². The molecule has 1 unspecified atom stereocenters. The van der Waals surface area contributed by atoms with Gasteiger partial charge in [0.25, 0.3) is 5.91 Å². The van der Waals surface area contributed by atoms with Gasteiger partial charge in [-0.1, -0.05) is 0 Å². The smallest absolute Gasteiger partial charge is 0.345 e. The molecule has 9 heteroatoms. The summed E-state index contributed by atoms with van der Waals surface area (Å²) in [6.45, 7) is 1.59. The molecule has 1 amide bonds. The number of hydrogen-bond acceptors (Lipinski definition) is 6. The maximum Gasteiger partial charge on any atom is 0.345 e. The Bertz CT molecular complexity index is 900. The molecule has 0 saturated carbocycles. The normalized spacial score (nSPS) is 29.1. The Morgan fingerprint density at radius 2 is 2.03 bits per heavy atom. The van der Waals surface area contributed by atoms with Gasteiger partial charge in [0.05, 0.1) is 10.8 Å². The Morgan fingerprint density at radius 3 is 2.76 bits per heavy atom. The summed E-state index contributed by atoms with van der Waals surface area (Å²) in [7, 11) is 0. The summed E-state index contributed by atoms with van der Waals surface area (Å²) in [5.74, 6) is 0.466. The summed E-state index contributed by atoms with van der Waals surface area (Å²) < 4.78 is 34.9. The lowest BCUT2D eigenvalue weighted by Crippen LogP contribution is -2.57. The number of halogens is 2. The van der Waals surface area contributed by atoms with Crippen molar-refractivity contribution in [3.8, 4) is 0 Å². The van der Waals surface area contributed by atoms with Gasteiger partial charge in [0.15, 0.2) is 0 Å². The lowest BCUT2D eigenvalue weighted by molar-refractivity contribution is -0.156. The van der Waals surface area contributed by atoms with Crippen molar-refractivity contribution in [3.05, 3.63) is 23.9 Å². The zero-order valence-corrected chi connectivity index (χ0v) is 16.8. The van der Waals surface area contributed by atoms with Crippen molar-refractivity contribution in [1.29, 1.82) is 0 Å². The number of rotatable bonds is 5. The van der Waals surface area contributed by atoms with Gasteiger partial charge in [0, 0.05) is 36.7 Å². The topological polar surface area (TPSA) is 57.7 Å². The van der Waals surface area contributed by atoms with E-state index in [0.29, 0.717) is 31.1 Å². The molecule has 2 atom stereocenters. The molecule has 4 aliphatic heterocycles. The second-order valence-electron chi connectivity index (χ2n) is 8.18. The van der Waals surface area contributed by atoms with Crippen molar-refractivity contribution in [2.45, 2.75) is 38.0 Å². The monoisotopic (exact) mass is 422 g/mol. The zero-order valence-electron chi connectivity index (χ0n) is 16.0. The maximum absolute atomic E-state index is 12.9. The van der Waals surface area contributed by atoms with Gasteiger partial charge in [0.2, 0.25) is 0 Å². The number of aromatic nitrogens is 1. The van der Waals surface area contributed by atoms with Gasteiger partial charge < -0.3 is 19.9 Å². The lowest BCUT2D eigenvalue weighted by atomic mass is 9.84. The fraction of sp³-hybridized carbons (Fsp3) is 0.600. The number of piperidine rings is 3. The number of benzene rings is 1. The maximum atomic E-state index is 12.9. The van der Waals surface area contributed by atoms with E-state index in [9.17, 15) is 13.6 Å². The van der Waals surface area contributed by atoms with Crippen molar-refractivity contribution < 1.29 is 18.3 Å². The fourth-order valence-electron chi connectivity index (χ4n) is 4.87. The van der Waals surface area contributed by atoms with E-state index in [2.05, 4.69) is 19.3 Å². The van der Waals surface area contributed by atoms with Crippen LogP contribution in [-0.4, -0.2) is 66.7 Å². The molecular formula is C20H24F2N4O2S. The number of carbonyl (C=O) groups excluding carboxylic acids is 1. The van der Waals surface area contributed by atoms with Crippen LogP contribution in [0.25, 0.3) is 10.1 Å². The first-order chi connectivity index (χ1) is 14.1. The second-order valence-corrected chi connectivity index (χ2v) is 8.99. The fourth-order valence-corrected chi connectivity index (χ4v) is 5.68. The number of ether oxygens (including phenoxy) is 1. The number of hydrogen-bond donors (Lipinski definition) is 1. The van der Waals surface area contributed by atoms with Crippen LogP contribution in [0, 0.1) is 5.92 Å². The minimum absolute atomic E-state index is 0.102. The van der Waals surface area contributed by atoms with Crippen LogP contribution in [0.15, 0.2) is 18.2 Å². The van der Waals surface area contributed by atoms with E-state index in [1.807, 2.05) is 23.1 Å². The van der Waals surface area contributed by atoms with Crippen molar-refractivity contribution in [1.82, 2.24) is 14.6 Å². The van der Waals surface area contributed by atoms with Crippen molar-refractivity contribution in [2.75, 3.05) is 37.6 Å². The summed E-state index contributed by atoms with van der Waals surface area (Å²) >= 11 is 1.30. The van der Waals surface area contributed by atoms with Gasteiger partial charge in [-0.25, -0.2) is 0 Å². The highest BCUT2D eigenvalue weighted by molar-refractivity contribution is 7.13. The van der Waals surface area contributed by atoms with Crippen LogP contribution in [-0.2, 0) is 4.74 Å². The SMILES string of the molecule is O=C(NC1CN2CCC1CC2)c1nsc2cc(N3CC[C@H](OC(F)F)C3)ccc12. The highest BCUT2D eigenvalue weighted by Crippen LogP contribution is 2.31. The number of fused-ring (bicyclic) bond motifs is 4. The molecule has 29 heavy (non-hydrogen) atoms. The predicted octanol–water partition coefficient (Wildman–Crippen LogP) is 2.94. The first-order valence-corrected chi connectivity index (χ1v) is 11.0. The molecule has 1 aromatic carbocycles. The van der Waals surface area contributed by atoms with E-state index in [1.165, 1.54) is 11.5 Å². The molecular weight excluding hydrogens is 398 g/mol. The number of nitrogens with one attached hydrogen (secondary N) is 1. The summed E-state index contributed by atoms with van der Waals surface area (Å²) in [5, 5.41) is 4.05.